The first-order valence-corrected chi connectivity index (χ1v) is 6.86. The van der Waals surface area contributed by atoms with E-state index in [1.165, 1.54) is 0 Å². The average molecular weight is 275 g/mol. The Morgan fingerprint density at radius 2 is 2.20 bits per heavy atom. The molecule has 0 aliphatic carbocycles. The van der Waals surface area contributed by atoms with Gasteiger partial charge in [-0.3, -0.25) is 4.68 Å². The summed E-state index contributed by atoms with van der Waals surface area (Å²) >= 11 is 0. The van der Waals surface area contributed by atoms with Crippen LogP contribution in [0.5, 0.6) is 5.75 Å². The number of aromatic nitrogens is 2. The Morgan fingerprint density at radius 1 is 1.40 bits per heavy atom. The van der Waals surface area contributed by atoms with Crippen molar-refractivity contribution in [2.24, 2.45) is 0 Å². The fourth-order valence-electron chi connectivity index (χ4n) is 2.12. The fourth-order valence-corrected chi connectivity index (χ4v) is 2.12. The van der Waals surface area contributed by atoms with Crippen LogP contribution in [0, 0.1) is 0 Å². The third-order valence-corrected chi connectivity index (χ3v) is 3.03. The zero-order chi connectivity index (χ0) is 14.4. The SMILES string of the molecule is CCOc1ccccc1C(C)Nc1cnn(CCO)c1. The second-order valence-electron chi connectivity index (χ2n) is 4.55. The third kappa shape index (κ3) is 3.51. The Morgan fingerprint density at radius 3 is 2.95 bits per heavy atom. The summed E-state index contributed by atoms with van der Waals surface area (Å²) in [5.41, 5.74) is 2.04. The van der Waals surface area contributed by atoms with Crippen LogP contribution in [-0.4, -0.2) is 28.1 Å². The van der Waals surface area contributed by atoms with Crippen molar-refractivity contribution in [2.75, 3.05) is 18.5 Å². The van der Waals surface area contributed by atoms with Gasteiger partial charge >= 0.3 is 0 Å². The molecule has 5 heteroatoms. The van der Waals surface area contributed by atoms with Crippen LogP contribution in [0.25, 0.3) is 0 Å². The van der Waals surface area contributed by atoms with Gasteiger partial charge in [-0.2, -0.15) is 5.10 Å². The lowest BCUT2D eigenvalue weighted by atomic mass is 10.1. The number of benzene rings is 1. The van der Waals surface area contributed by atoms with Crippen LogP contribution in [0.2, 0.25) is 0 Å². The first kappa shape index (κ1) is 14.4. The Bertz CT molecular complexity index is 539. The van der Waals surface area contributed by atoms with Crippen LogP contribution in [0.4, 0.5) is 5.69 Å². The molecule has 0 saturated carbocycles. The van der Waals surface area contributed by atoms with E-state index in [0.717, 1.165) is 17.0 Å². The first-order chi connectivity index (χ1) is 9.74. The number of nitrogens with zero attached hydrogens (tertiary/aromatic N) is 2. The molecule has 1 atom stereocenters. The van der Waals surface area contributed by atoms with E-state index >= 15 is 0 Å². The van der Waals surface area contributed by atoms with Crippen molar-refractivity contribution >= 4 is 5.69 Å². The highest BCUT2D eigenvalue weighted by molar-refractivity contribution is 5.45. The quantitative estimate of drug-likeness (QED) is 0.815. The van der Waals surface area contributed by atoms with Crippen molar-refractivity contribution in [1.29, 1.82) is 0 Å². The smallest absolute Gasteiger partial charge is 0.124 e. The van der Waals surface area contributed by atoms with Gasteiger partial charge in [-0.1, -0.05) is 18.2 Å². The number of anilines is 1. The summed E-state index contributed by atoms with van der Waals surface area (Å²) < 4.78 is 7.36. The number of hydrogen-bond acceptors (Lipinski definition) is 4. The van der Waals surface area contributed by atoms with Gasteiger partial charge in [-0.15, -0.1) is 0 Å². The number of aliphatic hydroxyl groups excluding tert-OH is 1. The standard InChI is InChI=1S/C15H21N3O2/c1-3-20-15-7-5-4-6-14(15)12(2)17-13-10-16-18(11-13)8-9-19/h4-7,10-12,17,19H,3,8-9H2,1-2H3. The second-order valence-corrected chi connectivity index (χ2v) is 4.55. The molecular weight excluding hydrogens is 254 g/mol. The van der Waals surface area contributed by atoms with Gasteiger partial charge in [0.15, 0.2) is 0 Å². The molecule has 0 radical (unpaired) electrons. The molecule has 0 spiro atoms. The van der Waals surface area contributed by atoms with Gasteiger partial charge in [-0.25, -0.2) is 0 Å². The lowest BCUT2D eigenvalue weighted by Crippen LogP contribution is -2.08. The van der Waals surface area contributed by atoms with Gasteiger partial charge in [0, 0.05) is 11.8 Å². The van der Waals surface area contributed by atoms with Gasteiger partial charge in [-0.05, 0) is 19.9 Å². The second kappa shape index (κ2) is 6.96. The van der Waals surface area contributed by atoms with Crippen LogP contribution < -0.4 is 10.1 Å². The van der Waals surface area contributed by atoms with Crippen LogP contribution >= 0.6 is 0 Å². The molecule has 2 aromatic rings. The Hall–Kier alpha value is -2.01. The number of nitrogens with one attached hydrogen (secondary N) is 1. The van der Waals surface area contributed by atoms with E-state index in [1.807, 2.05) is 31.3 Å². The summed E-state index contributed by atoms with van der Waals surface area (Å²) in [6, 6.07) is 8.13. The number of hydrogen-bond donors (Lipinski definition) is 2. The van der Waals surface area contributed by atoms with Crippen molar-refractivity contribution in [3.8, 4) is 5.75 Å². The Balaban J connectivity index is 2.08. The van der Waals surface area contributed by atoms with E-state index in [2.05, 4.69) is 23.4 Å². The predicted molar refractivity (Wildman–Crippen MR) is 79.0 cm³/mol. The van der Waals surface area contributed by atoms with E-state index < -0.39 is 0 Å². The van der Waals surface area contributed by atoms with Crippen LogP contribution in [-0.2, 0) is 6.54 Å². The van der Waals surface area contributed by atoms with Crippen molar-refractivity contribution < 1.29 is 9.84 Å². The Kier molecular flexibility index (Phi) is 5.01. The van der Waals surface area contributed by atoms with Crippen molar-refractivity contribution in [3.05, 3.63) is 42.2 Å². The zero-order valence-corrected chi connectivity index (χ0v) is 11.9. The molecule has 0 amide bonds. The van der Waals surface area contributed by atoms with E-state index in [9.17, 15) is 0 Å². The summed E-state index contributed by atoms with van der Waals surface area (Å²) in [6.45, 7) is 5.31. The first-order valence-electron chi connectivity index (χ1n) is 6.86. The molecule has 1 unspecified atom stereocenters. The number of aliphatic hydroxyl groups is 1. The van der Waals surface area contributed by atoms with Gasteiger partial charge in [0.25, 0.3) is 0 Å². The average Bonchev–Trinajstić information content (AvgIpc) is 2.87. The molecular formula is C15H21N3O2. The summed E-state index contributed by atoms with van der Waals surface area (Å²) in [5, 5.41) is 16.5. The van der Waals surface area contributed by atoms with Crippen molar-refractivity contribution in [1.82, 2.24) is 9.78 Å². The minimum absolute atomic E-state index is 0.0871. The predicted octanol–water partition coefficient (Wildman–Crippen LogP) is 2.45. The van der Waals surface area contributed by atoms with Crippen LogP contribution in [0.15, 0.2) is 36.7 Å². The molecule has 1 aromatic carbocycles. The van der Waals surface area contributed by atoms with E-state index in [4.69, 9.17) is 9.84 Å². The maximum absolute atomic E-state index is 8.89. The summed E-state index contributed by atoms with van der Waals surface area (Å²) in [7, 11) is 0. The van der Waals surface area contributed by atoms with Crippen LogP contribution in [0.1, 0.15) is 25.5 Å². The van der Waals surface area contributed by atoms with Crippen molar-refractivity contribution in [3.63, 3.8) is 0 Å². The molecule has 1 heterocycles. The molecule has 0 bridgehead atoms. The van der Waals surface area contributed by atoms with Crippen LogP contribution in [0.3, 0.4) is 0 Å². The molecule has 0 fully saturated rings. The summed E-state index contributed by atoms with van der Waals surface area (Å²) in [6.07, 6.45) is 3.64. The lowest BCUT2D eigenvalue weighted by molar-refractivity contribution is 0.269. The van der Waals surface area contributed by atoms with Gasteiger partial charge in [0.2, 0.25) is 0 Å². The fraction of sp³-hybridized carbons (Fsp3) is 0.400. The topological polar surface area (TPSA) is 59.3 Å². The number of para-hydroxylation sites is 1. The van der Waals surface area contributed by atoms with E-state index in [0.29, 0.717) is 13.2 Å². The van der Waals surface area contributed by atoms with Gasteiger partial charge in [0.1, 0.15) is 5.75 Å². The molecule has 5 nitrogen and oxygen atoms in total. The summed E-state index contributed by atoms with van der Waals surface area (Å²) in [4.78, 5) is 0. The highest BCUT2D eigenvalue weighted by Gasteiger charge is 2.11. The molecule has 2 rings (SSSR count). The molecule has 1 aromatic heterocycles. The maximum atomic E-state index is 8.89. The highest BCUT2D eigenvalue weighted by Crippen LogP contribution is 2.27. The van der Waals surface area contributed by atoms with Gasteiger partial charge < -0.3 is 15.2 Å². The molecule has 20 heavy (non-hydrogen) atoms. The molecule has 0 saturated heterocycles. The summed E-state index contributed by atoms with van der Waals surface area (Å²) in [5.74, 6) is 0.901. The maximum Gasteiger partial charge on any atom is 0.124 e. The number of ether oxygens (including phenoxy) is 1. The minimum atomic E-state index is 0.0871. The van der Waals surface area contributed by atoms with E-state index in [-0.39, 0.29) is 12.6 Å². The van der Waals surface area contributed by atoms with E-state index in [1.54, 1.807) is 10.9 Å². The Labute approximate surface area is 119 Å². The van der Waals surface area contributed by atoms with Gasteiger partial charge in [0.05, 0.1) is 37.7 Å². The lowest BCUT2D eigenvalue weighted by Gasteiger charge is -2.17. The molecule has 2 N–H and O–H groups in total. The third-order valence-electron chi connectivity index (χ3n) is 3.03. The monoisotopic (exact) mass is 275 g/mol. The molecule has 0 aliphatic heterocycles. The normalized spacial score (nSPS) is 12.2. The highest BCUT2D eigenvalue weighted by atomic mass is 16.5. The molecule has 0 aliphatic rings. The molecule has 108 valence electrons. The number of rotatable bonds is 7. The minimum Gasteiger partial charge on any atom is -0.494 e. The van der Waals surface area contributed by atoms with Crippen molar-refractivity contribution in [2.45, 2.75) is 26.4 Å². The largest absolute Gasteiger partial charge is 0.494 e. The zero-order valence-electron chi connectivity index (χ0n) is 11.9.